The van der Waals surface area contributed by atoms with E-state index in [1.165, 1.54) is 18.9 Å². The number of nitrogens with one attached hydrogen (secondary N) is 1. The molecular weight excluding hydrogens is 231 g/mol. The van der Waals surface area contributed by atoms with Crippen molar-refractivity contribution in [2.45, 2.75) is 30.8 Å². The van der Waals surface area contributed by atoms with Crippen molar-refractivity contribution in [1.82, 2.24) is 4.90 Å². The third-order valence-electron chi connectivity index (χ3n) is 4.02. The summed E-state index contributed by atoms with van der Waals surface area (Å²) in [5.41, 5.74) is 0.106. The van der Waals surface area contributed by atoms with E-state index in [1.54, 1.807) is 12.1 Å². The van der Waals surface area contributed by atoms with Crippen LogP contribution < -0.4 is 5.32 Å². The van der Waals surface area contributed by atoms with Gasteiger partial charge in [-0.05, 0) is 31.4 Å². The molecular formula is C14H19FN2O. The number of rotatable bonds is 4. The number of hydrogen-bond acceptors (Lipinski definition) is 3. The molecule has 1 aromatic carbocycles. The SMILES string of the molecule is OCC1(Nc2ccccc2F)CCN(C2CC2)C1. The Labute approximate surface area is 107 Å². The zero-order chi connectivity index (χ0) is 12.6. The molecule has 2 aliphatic rings. The Morgan fingerprint density at radius 3 is 2.83 bits per heavy atom. The first kappa shape index (κ1) is 11.9. The van der Waals surface area contributed by atoms with Crippen LogP contribution in [0.15, 0.2) is 24.3 Å². The van der Waals surface area contributed by atoms with Crippen LogP contribution in [0.1, 0.15) is 19.3 Å². The maximum atomic E-state index is 13.7. The fraction of sp³-hybridized carbons (Fsp3) is 0.571. The summed E-state index contributed by atoms with van der Waals surface area (Å²) < 4.78 is 13.7. The quantitative estimate of drug-likeness (QED) is 0.856. The van der Waals surface area contributed by atoms with Gasteiger partial charge in [-0.1, -0.05) is 12.1 Å². The summed E-state index contributed by atoms with van der Waals surface area (Å²) in [6.07, 6.45) is 3.40. The Bertz CT molecular complexity index is 436. The van der Waals surface area contributed by atoms with Gasteiger partial charge in [0.05, 0.1) is 17.8 Å². The molecule has 1 aliphatic carbocycles. The molecule has 1 atom stereocenters. The molecule has 1 heterocycles. The standard InChI is InChI=1S/C14H19FN2O/c15-12-3-1-2-4-13(12)16-14(10-18)7-8-17(9-14)11-5-6-11/h1-4,11,16,18H,5-10H2. The smallest absolute Gasteiger partial charge is 0.146 e. The van der Waals surface area contributed by atoms with Crippen molar-refractivity contribution in [3.8, 4) is 0 Å². The molecule has 0 spiro atoms. The van der Waals surface area contributed by atoms with E-state index in [1.807, 2.05) is 6.07 Å². The lowest BCUT2D eigenvalue weighted by Gasteiger charge is -2.30. The van der Waals surface area contributed by atoms with E-state index in [4.69, 9.17) is 0 Å². The van der Waals surface area contributed by atoms with Gasteiger partial charge in [-0.3, -0.25) is 4.90 Å². The minimum atomic E-state index is -0.384. The van der Waals surface area contributed by atoms with Crippen LogP contribution in [-0.4, -0.2) is 41.3 Å². The highest BCUT2D eigenvalue weighted by Gasteiger charge is 2.43. The molecule has 1 aliphatic heterocycles. The van der Waals surface area contributed by atoms with E-state index < -0.39 is 0 Å². The first-order valence-corrected chi connectivity index (χ1v) is 6.60. The second-order valence-corrected chi connectivity index (χ2v) is 5.49. The van der Waals surface area contributed by atoms with Crippen molar-refractivity contribution in [2.24, 2.45) is 0 Å². The summed E-state index contributed by atoms with van der Waals surface area (Å²) in [6.45, 7) is 1.85. The molecule has 0 aromatic heterocycles. The topological polar surface area (TPSA) is 35.5 Å². The third kappa shape index (κ3) is 2.22. The summed E-state index contributed by atoms with van der Waals surface area (Å²) in [6, 6.07) is 7.36. The van der Waals surface area contributed by atoms with Gasteiger partial charge < -0.3 is 10.4 Å². The van der Waals surface area contributed by atoms with E-state index in [0.717, 1.165) is 19.5 Å². The summed E-state index contributed by atoms with van der Waals surface area (Å²) >= 11 is 0. The number of benzene rings is 1. The Kier molecular flexibility index (Phi) is 2.99. The molecule has 0 amide bonds. The van der Waals surface area contributed by atoms with E-state index in [2.05, 4.69) is 10.2 Å². The Morgan fingerprint density at radius 2 is 2.17 bits per heavy atom. The lowest BCUT2D eigenvalue weighted by atomic mass is 9.99. The molecule has 4 heteroatoms. The maximum absolute atomic E-state index is 13.7. The zero-order valence-electron chi connectivity index (χ0n) is 10.4. The highest BCUT2D eigenvalue weighted by atomic mass is 19.1. The van der Waals surface area contributed by atoms with E-state index in [0.29, 0.717) is 11.7 Å². The van der Waals surface area contributed by atoms with Gasteiger partial charge in [-0.25, -0.2) is 4.39 Å². The number of nitrogens with zero attached hydrogens (tertiary/aromatic N) is 1. The summed E-state index contributed by atoms with van der Waals surface area (Å²) in [5.74, 6) is -0.254. The lowest BCUT2D eigenvalue weighted by Crippen LogP contribution is -2.45. The minimum absolute atomic E-state index is 0.0462. The second kappa shape index (κ2) is 4.52. The number of halogens is 1. The highest BCUT2D eigenvalue weighted by Crippen LogP contribution is 2.35. The average Bonchev–Trinajstić information content (AvgIpc) is 3.15. The van der Waals surface area contributed by atoms with E-state index in [9.17, 15) is 9.50 Å². The molecule has 2 N–H and O–H groups in total. The molecule has 1 aromatic rings. The summed E-state index contributed by atoms with van der Waals surface area (Å²) in [7, 11) is 0. The first-order chi connectivity index (χ1) is 8.72. The van der Waals surface area contributed by atoms with Crippen molar-refractivity contribution in [2.75, 3.05) is 25.0 Å². The van der Waals surface area contributed by atoms with Crippen LogP contribution in [0.25, 0.3) is 0 Å². The summed E-state index contributed by atoms with van der Waals surface area (Å²) in [5, 5.41) is 12.9. The predicted octanol–water partition coefficient (Wildman–Crippen LogP) is 1.84. The van der Waals surface area contributed by atoms with Crippen molar-refractivity contribution >= 4 is 5.69 Å². The van der Waals surface area contributed by atoms with Crippen molar-refractivity contribution in [3.63, 3.8) is 0 Å². The van der Waals surface area contributed by atoms with Gasteiger partial charge in [0, 0.05) is 19.1 Å². The fourth-order valence-corrected chi connectivity index (χ4v) is 2.77. The van der Waals surface area contributed by atoms with Crippen molar-refractivity contribution in [3.05, 3.63) is 30.1 Å². The number of hydrogen-bond donors (Lipinski definition) is 2. The molecule has 3 rings (SSSR count). The van der Waals surface area contributed by atoms with Gasteiger partial charge in [0.15, 0.2) is 0 Å². The van der Waals surface area contributed by atoms with Crippen molar-refractivity contribution in [1.29, 1.82) is 0 Å². The fourth-order valence-electron chi connectivity index (χ4n) is 2.77. The monoisotopic (exact) mass is 250 g/mol. The van der Waals surface area contributed by atoms with Gasteiger partial charge in [0.1, 0.15) is 5.82 Å². The minimum Gasteiger partial charge on any atom is -0.394 e. The van der Waals surface area contributed by atoms with E-state index in [-0.39, 0.29) is 18.0 Å². The molecule has 0 bridgehead atoms. The van der Waals surface area contributed by atoms with Crippen LogP contribution in [-0.2, 0) is 0 Å². The Hall–Kier alpha value is -1.13. The largest absolute Gasteiger partial charge is 0.394 e. The zero-order valence-corrected chi connectivity index (χ0v) is 10.4. The van der Waals surface area contributed by atoms with Crippen LogP contribution in [0.4, 0.5) is 10.1 Å². The number of aliphatic hydroxyl groups excluding tert-OH is 1. The third-order valence-corrected chi connectivity index (χ3v) is 4.02. The van der Waals surface area contributed by atoms with Gasteiger partial charge >= 0.3 is 0 Å². The van der Waals surface area contributed by atoms with Crippen LogP contribution in [0.2, 0.25) is 0 Å². The van der Waals surface area contributed by atoms with Crippen LogP contribution >= 0.6 is 0 Å². The molecule has 98 valence electrons. The molecule has 18 heavy (non-hydrogen) atoms. The lowest BCUT2D eigenvalue weighted by molar-refractivity contribution is 0.205. The van der Waals surface area contributed by atoms with Crippen LogP contribution in [0, 0.1) is 5.82 Å². The molecule has 1 saturated carbocycles. The number of anilines is 1. The molecule has 3 nitrogen and oxygen atoms in total. The van der Waals surface area contributed by atoms with Gasteiger partial charge in [0.25, 0.3) is 0 Å². The predicted molar refractivity (Wildman–Crippen MR) is 69.1 cm³/mol. The maximum Gasteiger partial charge on any atom is 0.146 e. The normalized spacial score (nSPS) is 28.6. The number of aliphatic hydroxyl groups is 1. The molecule has 1 unspecified atom stereocenters. The Morgan fingerprint density at radius 1 is 1.39 bits per heavy atom. The van der Waals surface area contributed by atoms with Gasteiger partial charge in [-0.2, -0.15) is 0 Å². The number of likely N-dealkylation sites (tertiary alicyclic amines) is 1. The Balaban J connectivity index is 1.74. The van der Waals surface area contributed by atoms with Gasteiger partial charge in [0.2, 0.25) is 0 Å². The molecule has 1 saturated heterocycles. The molecule has 2 fully saturated rings. The highest BCUT2D eigenvalue weighted by molar-refractivity contribution is 5.47. The second-order valence-electron chi connectivity index (χ2n) is 5.49. The first-order valence-electron chi connectivity index (χ1n) is 6.60. The average molecular weight is 250 g/mol. The van der Waals surface area contributed by atoms with Crippen molar-refractivity contribution < 1.29 is 9.50 Å². The molecule has 0 radical (unpaired) electrons. The number of para-hydroxylation sites is 1. The van der Waals surface area contributed by atoms with Crippen LogP contribution in [0.5, 0.6) is 0 Å². The van der Waals surface area contributed by atoms with E-state index >= 15 is 0 Å². The van der Waals surface area contributed by atoms with Crippen LogP contribution in [0.3, 0.4) is 0 Å². The summed E-state index contributed by atoms with van der Waals surface area (Å²) in [4.78, 5) is 2.41. The van der Waals surface area contributed by atoms with Gasteiger partial charge in [-0.15, -0.1) is 0 Å².